The Bertz CT molecular complexity index is 634. The first-order valence-electron chi connectivity index (χ1n) is 6.29. The molecule has 3 aliphatic rings. The summed E-state index contributed by atoms with van der Waals surface area (Å²) in [6.07, 6.45) is 3.28. The number of carboxylic acid groups (broad SMARTS) is 2. The fraction of sp³-hybridized carbons (Fsp3) is 0.385. The minimum atomic E-state index is -1.51. The van der Waals surface area contributed by atoms with E-state index in [1.807, 2.05) is 0 Å². The van der Waals surface area contributed by atoms with E-state index in [9.17, 15) is 24.3 Å². The van der Waals surface area contributed by atoms with Gasteiger partial charge in [0.25, 0.3) is 11.8 Å². The van der Waals surface area contributed by atoms with Crippen LogP contribution in [0.4, 0.5) is 0 Å². The monoisotopic (exact) mass is 293 g/mol. The predicted octanol–water partition coefficient (Wildman–Crippen LogP) is -0.693. The summed E-state index contributed by atoms with van der Waals surface area (Å²) in [5.74, 6) is -4.08. The van der Waals surface area contributed by atoms with Crippen molar-refractivity contribution in [3.8, 4) is 0 Å². The second-order valence-electron chi connectivity index (χ2n) is 5.01. The standard InChI is InChI=1S/C13H11NO7/c15-9(16)5-4-7(11(18)19)14-10(17)6-2-1-3-8-13(6,21-8)12(14)20/h1-3,7-8H,4-5H2,(H,15,16)(H,18,19). The van der Waals surface area contributed by atoms with Gasteiger partial charge in [0.2, 0.25) is 5.60 Å². The normalized spacial score (nSPS) is 30.6. The summed E-state index contributed by atoms with van der Waals surface area (Å²) in [6, 6.07) is -1.51. The van der Waals surface area contributed by atoms with Crippen molar-refractivity contribution in [1.82, 2.24) is 4.90 Å². The molecule has 3 unspecified atom stereocenters. The van der Waals surface area contributed by atoms with Crippen LogP contribution in [-0.2, 0) is 23.9 Å². The number of imide groups is 1. The molecule has 1 spiro atoms. The van der Waals surface area contributed by atoms with Crippen LogP contribution >= 0.6 is 0 Å². The third-order valence-corrected chi connectivity index (χ3v) is 3.82. The number of carbonyl (C=O) groups excluding carboxylic acids is 2. The van der Waals surface area contributed by atoms with Crippen LogP contribution in [0.15, 0.2) is 23.8 Å². The summed E-state index contributed by atoms with van der Waals surface area (Å²) in [6.45, 7) is 0. The highest BCUT2D eigenvalue weighted by Gasteiger charge is 2.73. The molecule has 1 aliphatic carbocycles. The second-order valence-corrected chi connectivity index (χ2v) is 5.01. The van der Waals surface area contributed by atoms with Crippen molar-refractivity contribution in [1.29, 1.82) is 0 Å². The molecule has 0 saturated carbocycles. The number of ether oxygens (including phenoxy) is 1. The summed E-state index contributed by atoms with van der Waals surface area (Å²) < 4.78 is 5.28. The van der Waals surface area contributed by atoms with E-state index in [-0.39, 0.29) is 12.0 Å². The molecule has 8 nitrogen and oxygen atoms in total. The van der Waals surface area contributed by atoms with Gasteiger partial charge in [-0.15, -0.1) is 0 Å². The molecule has 2 heterocycles. The molecule has 0 bridgehead atoms. The zero-order valence-electron chi connectivity index (χ0n) is 10.7. The van der Waals surface area contributed by atoms with E-state index in [1.165, 1.54) is 6.08 Å². The molecule has 2 N–H and O–H groups in total. The number of hydrogen-bond acceptors (Lipinski definition) is 5. The zero-order valence-corrected chi connectivity index (χ0v) is 10.7. The van der Waals surface area contributed by atoms with Gasteiger partial charge < -0.3 is 14.9 Å². The Hall–Kier alpha value is -2.48. The summed E-state index contributed by atoms with van der Waals surface area (Å²) in [4.78, 5) is 47.2. The molecule has 0 aromatic carbocycles. The number of carbonyl (C=O) groups is 4. The molecule has 0 aromatic rings. The summed E-state index contributed by atoms with van der Waals surface area (Å²) in [7, 11) is 0. The average molecular weight is 293 g/mol. The quantitative estimate of drug-likeness (QED) is 0.507. The number of carboxylic acids is 2. The van der Waals surface area contributed by atoms with Crippen LogP contribution in [0.1, 0.15) is 12.8 Å². The van der Waals surface area contributed by atoms with E-state index in [0.29, 0.717) is 4.90 Å². The van der Waals surface area contributed by atoms with E-state index in [1.54, 1.807) is 12.2 Å². The summed E-state index contributed by atoms with van der Waals surface area (Å²) >= 11 is 0. The van der Waals surface area contributed by atoms with Gasteiger partial charge in [-0.25, -0.2) is 4.79 Å². The first-order chi connectivity index (χ1) is 9.89. The van der Waals surface area contributed by atoms with Gasteiger partial charge >= 0.3 is 11.9 Å². The van der Waals surface area contributed by atoms with Crippen LogP contribution in [0.2, 0.25) is 0 Å². The van der Waals surface area contributed by atoms with Gasteiger partial charge in [-0.05, 0) is 6.42 Å². The maximum absolute atomic E-state index is 12.4. The SMILES string of the molecule is O=C(O)CCC(C(=O)O)N1C(=O)C2=CC=CC3OC23C1=O. The van der Waals surface area contributed by atoms with E-state index >= 15 is 0 Å². The third-order valence-electron chi connectivity index (χ3n) is 3.82. The van der Waals surface area contributed by atoms with Gasteiger partial charge in [0.05, 0.1) is 5.57 Å². The van der Waals surface area contributed by atoms with Gasteiger partial charge in [-0.3, -0.25) is 19.3 Å². The number of amides is 2. The van der Waals surface area contributed by atoms with Gasteiger partial charge in [-0.1, -0.05) is 18.2 Å². The minimum absolute atomic E-state index is 0.113. The molecule has 0 radical (unpaired) electrons. The molecule has 3 atom stereocenters. The molecule has 2 amide bonds. The molecular weight excluding hydrogens is 282 g/mol. The Morgan fingerprint density at radius 1 is 1.38 bits per heavy atom. The lowest BCUT2D eigenvalue weighted by molar-refractivity contribution is -0.155. The Kier molecular flexibility index (Phi) is 2.74. The number of nitrogens with zero attached hydrogens (tertiary/aromatic N) is 1. The van der Waals surface area contributed by atoms with Crippen molar-refractivity contribution in [2.45, 2.75) is 30.6 Å². The van der Waals surface area contributed by atoms with Gasteiger partial charge in [0.1, 0.15) is 12.1 Å². The summed E-state index contributed by atoms with van der Waals surface area (Å²) in [5, 5.41) is 17.9. The van der Waals surface area contributed by atoms with Crippen molar-refractivity contribution >= 4 is 23.8 Å². The van der Waals surface area contributed by atoms with Crippen LogP contribution in [0, 0.1) is 0 Å². The van der Waals surface area contributed by atoms with Crippen molar-refractivity contribution < 1.29 is 34.1 Å². The number of rotatable bonds is 5. The molecule has 110 valence electrons. The van der Waals surface area contributed by atoms with Crippen molar-refractivity contribution in [2.24, 2.45) is 0 Å². The van der Waals surface area contributed by atoms with E-state index in [4.69, 9.17) is 9.84 Å². The molecule has 21 heavy (non-hydrogen) atoms. The van der Waals surface area contributed by atoms with E-state index < -0.39 is 47.9 Å². The topological polar surface area (TPSA) is 125 Å². The summed E-state index contributed by atoms with van der Waals surface area (Å²) in [5.41, 5.74) is -1.27. The highest BCUT2D eigenvalue weighted by molar-refractivity contribution is 6.22. The lowest BCUT2D eigenvalue weighted by Gasteiger charge is -2.21. The minimum Gasteiger partial charge on any atom is -0.481 e. The van der Waals surface area contributed by atoms with Crippen molar-refractivity contribution in [3.63, 3.8) is 0 Å². The fourth-order valence-corrected chi connectivity index (χ4v) is 2.76. The number of allylic oxidation sites excluding steroid dienone is 2. The molecule has 8 heteroatoms. The first-order valence-corrected chi connectivity index (χ1v) is 6.29. The predicted molar refractivity (Wildman–Crippen MR) is 65.0 cm³/mol. The highest BCUT2D eigenvalue weighted by atomic mass is 16.6. The Balaban J connectivity index is 1.92. The maximum atomic E-state index is 12.4. The smallest absolute Gasteiger partial charge is 0.326 e. The number of hydrogen-bond donors (Lipinski definition) is 2. The molecule has 2 fully saturated rings. The fourth-order valence-electron chi connectivity index (χ4n) is 2.76. The number of epoxide rings is 1. The average Bonchev–Trinajstić information content (AvgIpc) is 3.12. The van der Waals surface area contributed by atoms with Gasteiger partial charge in [0.15, 0.2) is 0 Å². The second kappa shape index (κ2) is 4.26. The van der Waals surface area contributed by atoms with Crippen molar-refractivity contribution in [3.05, 3.63) is 23.8 Å². The van der Waals surface area contributed by atoms with E-state index in [0.717, 1.165) is 0 Å². The van der Waals surface area contributed by atoms with Gasteiger partial charge in [0, 0.05) is 6.42 Å². The Morgan fingerprint density at radius 3 is 2.67 bits per heavy atom. The largest absolute Gasteiger partial charge is 0.481 e. The van der Waals surface area contributed by atoms with Crippen LogP contribution in [0.3, 0.4) is 0 Å². The number of aliphatic carboxylic acids is 2. The lowest BCUT2D eigenvalue weighted by Crippen LogP contribution is -2.46. The highest BCUT2D eigenvalue weighted by Crippen LogP contribution is 2.52. The first kappa shape index (κ1) is 13.5. The zero-order chi connectivity index (χ0) is 15.4. The van der Waals surface area contributed by atoms with Gasteiger partial charge in [-0.2, -0.15) is 0 Å². The molecule has 2 aliphatic heterocycles. The van der Waals surface area contributed by atoms with Crippen molar-refractivity contribution in [2.75, 3.05) is 0 Å². The molecular formula is C13H11NO7. The Morgan fingerprint density at radius 2 is 2.10 bits per heavy atom. The lowest BCUT2D eigenvalue weighted by atomic mass is 9.93. The maximum Gasteiger partial charge on any atom is 0.326 e. The van der Waals surface area contributed by atoms with E-state index in [2.05, 4.69) is 0 Å². The molecule has 3 rings (SSSR count). The van der Waals surface area contributed by atoms with Crippen LogP contribution in [0.25, 0.3) is 0 Å². The van der Waals surface area contributed by atoms with Crippen LogP contribution in [-0.4, -0.2) is 56.6 Å². The Labute approximate surface area is 118 Å². The molecule has 0 aromatic heterocycles. The van der Waals surface area contributed by atoms with Crippen LogP contribution in [0.5, 0.6) is 0 Å². The third kappa shape index (κ3) is 1.72. The number of likely N-dealkylation sites (tertiary alicyclic amines) is 1. The van der Waals surface area contributed by atoms with Crippen LogP contribution < -0.4 is 0 Å². The molecule has 2 saturated heterocycles.